The van der Waals surface area contributed by atoms with Crippen LogP contribution >= 0.6 is 0 Å². The Labute approximate surface area is 311 Å². The molecule has 1 heteroatoms. The van der Waals surface area contributed by atoms with Crippen LogP contribution in [0, 0.1) is 0 Å². The van der Waals surface area contributed by atoms with Crippen molar-refractivity contribution in [3.63, 3.8) is 0 Å². The van der Waals surface area contributed by atoms with Gasteiger partial charge in [0.1, 0.15) is 11.2 Å². The van der Waals surface area contributed by atoms with E-state index < -0.39 is 268 Å². The molecule has 0 saturated carbocycles. The zero-order chi connectivity index (χ0) is 55.3. The van der Waals surface area contributed by atoms with Crippen molar-refractivity contribution in [2.75, 3.05) is 0 Å². The van der Waals surface area contributed by atoms with Gasteiger partial charge in [-0.3, -0.25) is 0 Å². The molecule has 0 fully saturated rings. The third-order valence-corrected chi connectivity index (χ3v) is 7.81. The van der Waals surface area contributed by atoms with Crippen LogP contribution in [-0.2, 0) is 0 Å². The van der Waals surface area contributed by atoms with Gasteiger partial charge in [0.25, 0.3) is 0 Å². The average molecular weight is 625 g/mol. The van der Waals surface area contributed by atoms with Crippen molar-refractivity contribution in [1.82, 2.24) is 0 Å². The summed E-state index contributed by atoms with van der Waals surface area (Å²) in [7, 11) is 0. The van der Waals surface area contributed by atoms with Crippen LogP contribution in [0.1, 0.15) is 38.4 Å². The smallest absolute Gasteiger partial charge is 0.143 e. The van der Waals surface area contributed by atoms with Crippen molar-refractivity contribution in [2.45, 2.75) is 0 Å². The second-order valence-electron chi connectivity index (χ2n) is 10.3. The Morgan fingerprint density at radius 2 is 0.915 bits per heavy atom. The van der Waals surface area contributed by atoms with Gasteiger partial charge in [0, 0.05) is 16.2 Å². The van der Waals surface area contributed by atoms with E-state index in [2.05, 4.69) is 0 Å². The molecule has 0 saturated heterocycles. The van der Waals surface area contributed by atoms with Gasteiger partial charge in [-0.05, 0) is 89.2 Å². The summed E-state index contributed by atoms with van der Waals surface area (Å²) in [6.07, 6.45) is 0. The van der Waals surface area contributed by atoms with Crippen molar-refractivity contribution in [1.29, 1.82) is 0 Å². The molecule has 1 heterocycles. The van der Waals surface area contributed by atoms with Gasteiger partial charge in [0.15, 0.2) is 0 Å². The molecule has 0 bridgehead atoms. The van der Waals surface area contributed by atoms with Crippen LogP contribution in [-0.4, -0.2) is 0 Å². The molecular formula is C46H28O. The third kappa shape index (κ3) is 3.90. The van der Waals surface area contributed by atoms with Crippen LogP contribution in [0.2, 0.25) is 0 Å². The van der Waals surface area contributed by atoms with E-state index in [1.54, 1.807) is 0 Å². The first-order chi connectivity index (χ1) is 35.0. The highest BCUT2D eigenvalue weighted by Gasteiger charge is 2.19. The summed E-state index contributed by atoms with van der Waals surface area (Å²) in [6.45, 7) is 0. The van der Waals surface area contributed by atoms with Gasteiger partial charge in [-0.25, -0.2) is 0 Å². The van der Waals surface area contributed by atoms with Crippen LogP contribution in [0.5, 0.6) is 0 Å². The van der Waals surface area contributed by atoms with Crippen molar-refractivity contribution in [3.05, 3.63) is 169 Å². The maximum atomic E-state index is 9.95. The van der Waals surface area contributed by atoms with Crippen LogP contribution in [0.15, 0.2) is 174 Å². The van der Waals surface area contributed by atoms with Crippen LogP contribution in [0.3, 0.4) is 0 Å². The Bertz CT molecular complexity index is 4330. The van der Waals surface area contributed by atoms with Gasteiger partial charge in [0.2, 0.25) is 0 Å². The fourth-order valence-electron chi connectivity index (χ4n) is 5.88. The predicted octanol–water partition coefficient (Wildman–Crippen LogP) is 13.2. The Kier molecular flexibility index (Phi) is 2.31. The number of fused-ring (bicyclic) bond motifs is 8. The number of para-hydroxylation sites is 1. The van der Waals surface area contributed by atoms with E-state index in [0.717, 1.165) is 0 Å². The van der Waals surface area contributed by atoms with Crippen molar-refractivity contribution in [3.8, 4) is 33.4 Å². The Hall–Kier alpha value is -6.18. The number of hydrogen-bond donors (Lipinski definition) is 0. The fraction of sp³-hybridized carbons (Fsp3) is 0. The Morgan fingerprint density at radius 3 is 1.62 bits per heavy atom. The van der Waals surface area contributed by atoms with Gasteiger partial charge in [-0.1, -0.05) is 151 Å². The molecule has 10 aromatic rings. The monoisotopic (exact) mass is 624 g/mol. The minimum Gasteiger partial charge on any atom is -0.455 e. The molecule has 0 aliphatic rings. The zero-order valence-corrected chi connectivity index (χ0v) is 23.4. The second kappa shape index (κ2) is 10.2. The molecule has 218 valence electrons. The fourth-order valence-corrected chi connectivity index (χ4v) is 5.88. The molecule has 47 heavy (non-hydrogen) atoms. The highest BCUT2D eigenvalue weighted by molar-refractivity contribution is 6.23. The Balaban J connectivity index is 1.50. The topological polar surface area (TPSA) is 13.1 Å². The lowest BCUT2D eigenvalue weighted by atomic mass is 9.85. The second-order valence-corrected chi connectivity index (χ2v) is 10.3. The summed E-state index contributed by atoms with van der Waals surface area (Å²) in [6, 6.07) is -26.1. The number of furan rings is 1. The molecule has 0 spiro atoms. The lowest BCUT2D eigenvalue weighted by molar-refractivity contribution is 0.672. The average Bonchev–Trinajstić information content (AvgIpc) is 3.80. The van der Waals surface area contributed by atoms with E-state index in [1.165, 1.54) is 0 Å². The molecule has 0 radical (unpaired) electrons. The predicted molar refractivity (Wildman–Crippen MR) is 200 cm³/mol. The summed E-state index contributed by atoms with van der Waals surface area (Å²) in [5.74, 6) is 0. The largest absolute Gasteiger partial charge is 0.455 e. The van der Waals surface area contributed by atoms with Gasteiger partial charge >= 0.3 is 0 Å². The van der Waals surface area contributed by atoms with E-state index in [-0.39, 0.29) is 0 Å². The lowest BCUT2D eigenvalue weighted by Crippen LogP contribution is -1.91. The first kappa shape index (κ1) is 10.7. The van der Waals surface area contributed by atoms with Crippen molar-refractivity contribution in [2.24, 2.45) is 0 Å². The molecule has 1 aromatic heterocycles. The van der Waals surface area contributed by atoms with Gasteiger partial charge < -0.3 is 4.42 Å². The van der Waals surface area contributed by atoms with Crippen molar-refractivity contribution < 1.29 is 42.8 Å². The summed E-state index contributed by atoms with van der Waals surface area (Å²) in [5.41, 5.74) is -5.56. The number of benzene rings is 9. The van der Waals surface area contributed by atoms with Crippen LogP contribution in [0.25, 0.3) is 98.4 Å². The molecule has 1 nitrogen and oxygen atoms in total. The third-order valence-electron chi connectivity index (χ3n) is 7.81. The van der Waals surface area contributed by atoms with Gasteiger partial charge in [0.05, 0.1) is 38.4 Å². The van der Waals surface area contributed by atoms with E-state index >= 15 is 0 Å². The molecule has 0 aliphatic carbocycles. The number of hydrogen-bond acceptors (Lipinski definition) is 1. The minimum absolute atomic E-state index is 0.439. The van der Waals surface area contributed by atoms with Gasteiger partial charge in [-0.2, -0.15) is 0 Å². The highest BCUT2D eigenvalue weighted by atomic mass is 16.3. The van der Waals surface area contributed by atoms with Gasteiger partial charge in [-0.15, -0.1) is 0 Å². The molecule has 9 aromatic carbocycles. The summed E-state index contributed by atoms with van der Waals surface area (Å²) >= 11 is 0. The molecule has 10 rings (SSSR count). The SMILES string of the molecule is [2H]c1c([2H])c([2H])c(-c2c3c([2H])c([2H])c([2H])c([2H])c3c(-c3c([2H])c([2H])c4c(-c5c([2H])c6c(oc7c([2H])c([2H])c([2H])c([2H])c76)c6c([2H])c([2H])c([2H])c([2H])c56)c([2H])c([2H])c([2H])c4c3[2H])c3c([2H])c([2H])c([2H])c([2H])c23)c([2H])c1[2H]. The highest BCUT2D eigenvalue weighted by Crippen LogP contribution is 2.45. The number of rotatable bonds is 3. The zero-order valence-electron chi connectivity index (χ0n) is 51.4. The summed E-state index contributed by atoms with van der Waals surface area (Å²) in [4.78, 5) is 0. The quantitative estimate of drug-likeness (QED) is 0.178. The first-order valence-corrected chi connectivity index (χ1v) is 13.9. The summed E-state index contributed by atoms with van der Waals surface area (Å²) < 4.78 is 258. The van der Waals surface area contributed by atoms with E-state index in [0.29, 0.717) is 0 Å². The van der Waals surface area contributed by atoms with E-state index in [1.807, 2.05) is 0 Å². The standard InChI is InChI=1S/C46H28O/c1-2-13-29(14-3-1)44-36-18-5-7-20-38(36)45(39-21-8-6-19-37(39)44)31-25-26-32-30(27-31)15-12-23-33(32)41-28-42-35-17-10-11-24-43(35)47-46(42)40-22-9-4-16-34(40)41/h1-28H/i1D,2D,3D,4D,5D,6D,7D,8D,9D,10D,11D,12D,13D,14D,15D,16D,17D,18D,19D,20D,21D,22D,23D,24D,25D,26D,27D,28D. The summed E-state index contributed by atoms with van der Waals surface area (Å²) in [5, 5.41) is -6.50. The molecular weight excluding hydrogens is 569 g/mol. The molecule has 0 atom stereocenters. The van der Waals surface area contributed by atoms with Crippen molar-refractivity contribution >= 4 is 65.0 Å². The first-order valence-electron chi connectivity index (χ1n) is 27.9. The maximum Gasteiger partial charge on any atom is 0.143 e. The van der Waals surface area contributed by atoms with Crippen LogP contribution in [0.4, 0.5) is 0 Å². The maximum absolute atomic E-state index is 9.95. The normalized spacial score (nSPS) is 20.2. The minimum atomic E-state index is -1.11. The van der Waals surface area contributed by atoms with E-state index in [9.17, 15) is 15.1 Å². The molecule has 0 aliphatic heterocycles. The Morgan fingerprint density at radius 1 is 0.340 bits per heavy atom. The van der Waals surface area contributed by atoms with Crippen LogP contribution < -0.4 is 0 Å². The molecule has 0 N–H and O–H groups in total. The molecule has 0 unspecified atom stereocenters. The molecule has 0 amide bonds. The van der Waals surface area contributed by atoms with E-state index in [4.69, 9.17) is 27.7 Å². The lowest BCUT2D eigenvalue weighted by Gasteiger charge is -2.18.